The highest BCUT2D eigenvalue weighted by molar-refractivity contribution is 5.39. The molecule has 3 unspecified atom stereocenters. The first-order valence-corrected chi connectivity index (χ1v) is 7.57. The van der Waals surface area contributed by atoms with Crippen molar-refractivity contribution >= 4 is 0 Å². The van der Waals surface area contributed by atoms with Crippen molar-refractivity contribution in [1.82, 2.24) is 4.90 Å². The van der Waals surface area contributed by atoms with Gasteiger partial charge in [-0.2, -0.15) is 0 Å². The Morgan fingerprint density at radius 2 is 2.25 bits per heavy atom. The lowest BCUT2D eigenvalue weighted by atomic mass is 9.92. The average Bonchev–Trinajstić information content (AvgIpc) is 2.48. The first-order chi connectivity index (χ1) is 9.72. The van der Waals surface area contributed by atoms with Gasteiger partial charge in [0.05, 0.1) is 6.04 Å². The fourth-order valence-electron chi connectivity index (χ4n) is 3.55. The Balaban J connectivity index is 1.86. The molecule has 3 rings (SSSR count). The molecule has 0 bridgehead atoms. The summed E-state index contributed by atoms with van der Waals surface area (Å²) in [4.78, 5) is 2.36. The smallest absolute Gasteiger partial charge is 0.165 e. The second-order valence-electron chi connectivity index (χ2n) is 5.78. The Kier molecular flexibility index (Phi) is 3.94. The summed E-state index contributed by atoms with van der Waals surface area (Å²) < 4.78 is 19.3. The number of fused-ring (bicyclic) bond motifs is 1. The van der Waals surface area contributed by atoms with Crippen molar-refractivity contribution in [3.63, 3.8) is 0 Å². The van der Waals surface area contributed by atoms with Crippen LogP contribution < -0.4 is 4.74 Å². The Hall–Kier alpha value is -1.13. The van der Waals surface area contributed by atoms with Gasteiger partial charge in [-0.15, -0.1) is 0 Å². The van der Waals surface area contributed by atoms with Gasteiger partial charge in [-0.05, 0) is 31.9 Å². The lowest BCUT2D eigenvalue weighted by Crippen LogP contribution is -2.52. The van der Waals surface area contributed by atoms with Gasteiger partial charge >= 0.3 is 0 Å². The largest absolute Gasteiger partial charge is 0.488 e. The second-order valence-corrected chi connectivity index (χ2v) is 5.78. The number of aliphatic hydroxyl groups is 1. The summed E-state index contributed by atoms with van der Waals surface area (Å²) >= 11 is 0. The van der Waals surface area contributed by atoms with Crippen molar-refractivity contribution in [2.45, 2.75) is 50.8 Å². The van der Waals surface area contributed by atoms with Crippen LogP contribution in [0.15, 0.2) is 18.2 Å². The predicted molar refractivity (Wildman–Crippen MR) is 75.3 cm³/mol. The van der Waals surface area contributed by atoms with Gasteiger partial charge in [0.1, 0.15) is 12.7 Å². The molecular weight excluding hydrogens is 257 g/mol. The lowest BCUT2D eigenvalue weighted by molar-refractivity contribution is -0.0305. The van der Waals surface area contributed by atoms with Crippen molar-refractivity contribution < 1.29 is 14.2 Å². The first-order valence-electron chi connectivity index (χ1n) is 7.57. The Morgan fingerprint density at radius 1 is 1.40 bits per heavy atom. The quantitative estimate of drug-likeness (QED) is 0.903. The van der Waals surface area contributed by atoms with Gasteiger partial charge in [0.15, 0.2) is 11.6 Å². The minimum absolute atomic E-state index is 0.0606. The number of ether oxygens (including phenoxy) is 1. The summed E-state index contributed by atoms with van der Waals surface area (Å²) in [5, 5.41) is 10.6. The summed E-state index contributed by atoms with van der Waals surface area (Å²) in [5.74, 6) is -0.160. The minimum atomic E-state index is -0.665. The molecule has 3 atom stereocenters. The van der Waals surface area contributed by atoms with E-state index in [1.807, 2.05) is 0 Å². The molecule has 3 nitrogen and oxygen atoms in total. The number of nitrogens with zero attached hydrogens (tertiary/aromatic N) is 1. The van der Waals surface area contributed by atoms with Crippen molar-refractivity contribution in [3.05, 3.63) is 29.6 Å². The third kappa shape index (κ3) is 2.31. The van der Waals surface area contributed by atoms with Crippen molar-refractivity contribution in [2.75, 3.05) is 13.2 Å². The Bertz CT molecular complexity index is 480. The van der Waals surface area contributed by atoms with E-state index in [0.29, 0.717) is 18.2 Å². The van der Waals surface area contributed by atoms with Gasteiger partial charge in [0.2, 0.25) is 0 Å². The molecule has 0 amide bonds. The van der Waals surface area contributed by atoms with E-state index < -0.39 is 6.10 Å². The molecule has 4 heteroatoms. The monoisotopic (exact) mass is 279 g/mol. The van der Waals surface area contributed by atoms with Gasteiger partial charge in [-0.3, -0.25) is 4.90 Å². The zero-order valence-corrected chi connectivity index (χ0v) is 11.9. The summed E-state index contributed by atoms with van der Waals surface area (Å²) in [6, 6.07) is 5.22. The fraction of sp³-hybridized carbons (Fsp3) is 0.625. The highest BCUT2D eigenvalue weighted by atomic mass is 19.1. The maximum Gasteiger partial charge on any atom is 0.165 e. The number of hydrogen-bond donors (Lipinski definition) is 1. The molecule has 0 spiro atoms. The summed E-state index contributed by atoms with van der Waals surface area (Å²) in [6.07, 6.45) is 4.01. The van der Waals surface area contributed by atoms with E-state index in [1.54, 1.807) is 12.1 Å². The summed E-state index contributed by atoms with van der Waals surface area (Å²) in [6.45, 7) is 3.55. The van der Waals surface area contributed by atoms with E-state index >= 15 is 0 Å². The average molecular weight is 279 g/mol. The summed E-state index contributed by atoms with van der Waals surface area (Å²) in [7, 11) is 0. The number of piperidine rings is 1. The topological polar surface area (TPSA) is 32.7 Å². The van der Waals surface area contributed by atoms with E-state index in [2.05, 4.69) is 11.8 Å². The molecule has 0 aliphatic carbocycles. The van der Waals surface area contributed by atoms with E-state index in [1.165, 1.54) is 18.9 Å². The van der Waals surface area contributed by atoms with Gasteiger partial charge in [0.25, 0.3) is 0 Å². The third-order valence-corrected chi connectivity index (χ3v) is 4.65. The minimum Gasteiger partial charge on any atom is -0.488 e. The van der Waals surface area contributed by atoms with Crippen LogP contribution >= 0.6 is 0 Å². The zero-order valence-electron chi connectivity index (χ0n) is 11.9. The highest BCUT2D eigenvalue weighted by Gasteiger charge is 2.38. The van der Waals surface area contributed by atoms with Crippen LogP contribution in [0, 0.1) is 5.82 Å². The van der Waals surface area contributed by atoms with Crippen LogP contribution in [0.25, 0.3) is 0 Å². The molecular formula is C16H22FNO2. The Labute approximate surface area is 119 Å². The van der Waals surface area contributed by atoms with Gasteiger partial charge in [-0.1, -0.05) is 25.5 Å². The lowest BCUT2D eigenvalue weighted by Gasteiger charge is -2.44. The molecule has 2 heterocycles. The van der Waals surface area contributed by atoms with Crippen LogP contribution in [0.1, 0.15) is 44.3 Å². The number of rotatable bonds is 2. The number of aliphatic hydroxyl groups excluding tert-OH is 1. The van der Waals surface area contributed by atoms with Crippen molar-refractivity contribution in [3.8, 4) is 5.75 Å². The SMILES string of the molecule is CCC1CCCCN1C1COc2c(F)cccc2C1O. The molecule has 110 valence electrons. The third-order valence-electron chi connectivity index (χ3n) is 4.65. The van der Waals surface area contributed by atoms with Gasteiger partial charge in [-0.25, -0.2) is 4.39 Å². The standard InChI is InChI=1S/C16H22FNO2/c1-2-11-6-3-4-9-18(11)14-10-20-16-12(15(14)19)7-5-8-13(16)17/h5,7-8,11,14-15,19H,2-4,6,9-10H2,1H3. The molecule has 2 aliphatic heterocycles. The van der Waals surface area contributed by atoms with Crippen molar-refractivity contribution in [1.29, 1.82) is 0 Å². The van der Waals surface area contributed by atoms with Gasteiger partial charge < -0.3 is 9.84 Å². The van der Waals surface area contributed by atoms with Crippen LogP contribution in [-0.2, 0) is 0 Å². The number of benzene rings is 1. The molecule has 0 saturated carbocycles. The fourth-order valence-corrected chi connectivity index (χ4v) is 3.55. The number of hydrogen-bond acceptors (Lipinski definition) is 3. The molecule has 0 radical (unpaired) electrons. The van der Waals surface area contributed by atoms with Crippen molar-refractivity contribution in [2.24, 2.45) is 0 Å². The molecule has 2 aliphatic rings. The highest BCUT2D eigenvalue weighted by Crippen LogP contribution is 2.38. The van der Waals surface area contributed by atoms with Crippen LogP contribution in [0.4, 0.5) is 4.39 Å². The predicted octanol–water partition coefficient (Wildman–Crippen LogP) is 2.88. The van der Waals surface area contributed by atoms with E-state index in [-0.39, 0.29) is 17.6 Å². The molecule has 1 fully saturated rings. The molecule has 0 aromatic heterocycles. The van der Waals surface area contributed by atoms with E-state index in [0.717, 1.165) is 19.4 Å². The Morgan fingerprint density at radius 3 is 3.05 bits per heavy atom. The van der Waals surface area contributed by atoms with Crippen LogP contribution in [0.3, 0.4) is 0 Å². The molecule has 1 saturated heterocycles. The molecule has 1 N–H and O–H groups in total. The van der Waals surface area contributed by atoms with Crippen LogP contribution in [-0.4, -0.2) is 35.2 Å². The summed E-state index contributed by atoms with van der Waals surface area (Å²) in [5.41, 5.74) is 0.585. The van der Waals surface area contributed by atoms with E-state index in [9.17, 15) is 9.50 Å². The second kappa shape index (κ2) is 5.70. The number of para-hydroxylation sites is 1. The number of likely N-dealkylation sites (tertiary alicyclic amines) is 1. The zero-order chi connectivity index (χ0) is 14.1. The first kappa shape index (κ1) is 13.8. The van der Waals surface area contributed by atoms with E-state index in [4.69, 9.17) is 4.74 Å². The van der Waals surface area contributed by atoms with Gasteiger partial charge in [0, 0.05) is 11.6 Å². The number of halogens is 1. The normalized spacial score (nSPS) is 30.6. The van der Waals surface area contributed by atoms with Crippen LogP contribution in [0.5, 0.6) is 5.75 Å². The maximum absolute atomic E-state index is 13.7. The van der Waals surface area contributed by atoms with Crippen LogP contribution in [0.2, 0.25) is 0 Å². The molecule has 1 aromatic carbocycles. The molecule has 20 heavy (non-hydrogen) atoms. The molecule has 1 aromatic rings. The maximum atomic E-state index is 13.7.